The molecular formula is C14H18N2O5. The standard InChI is InChI=1S/C14H18N2O5/c1-2-4-10(14(18)19)7-8-13(17)15-11-5-3-6-12(9-11)16(20)21/h3,5-6,9-10H,2,4,7-8H2,1H3,(H,15,17)(H,18,19)/t10-/m0/s1. The number of benzene rings is 1. The lowest BCUT2D eigenvalue weighted by molar-refractivity contribution is -0.384. The van der Waals surface area contributed by atoms with Gasteiger partial charge >= 0.3 is 5.97 Å². The molecule has 0 aromatic heterocycles. The van der Waals surface area contributed by atoms with Crippen molar-refractivity contribution < 1.29 is 19.6 Å². The van der Waals surface area contributed by atoms with E-state index in [2.05, 4.69) is 5.32 Å². The Morgan fingerprint density at radius 1 is 1.38 bits per heavy atom. The van der Waals surface area contributed by atoms with Gasteiger partial charge in [0.1, 0.15) is 0 Å². The van der Waals surface area contributed by atoms with Gasteiger partial charge in [0, 0.05) is 24.2 Å². The van der Waals surface area contributed by atoms with Gasteiger partial charge < -0.3 is 10.4 Å². The summed E-state index contributed by atoms with van der Waals surface area (Å²) in [6, 6.07) is 5.62. The van der Waals surface area contributed by atoms with E-state index < -0.39 is 16.8 Å². The number of non-ortho nitro benzene ring substituents is 1. The summed E-state index contributed by atoms with van der Waals surface area (Å²) in [6.07, 6.45) is 1.59. The van der Waals surface area contributed by atoms with Crippen LogP contribution in [-0.4, -0.2) is 21.9 Å². The first kappa shape index (κ1) is 16.6. The number of carbonyl (C=O) groups excluding carboxylic acids is 1. The van der Waals surface area contributed by atoms with E-state index in [0.29, 0.717) is 12.1 Å². The van der Waals surface area contributed by atoms with Crippen LogP contribution in [0.15, 0.2) is 24.3 Å². The number of nitrogens with zero attached hydrogens (tertiary/aromatic N) is 1. The molecule has 7 heteroatoms. The molecule has 0 saturated carbocycles. The average Bonchev–Trinajstić information content (AvgIpc) is 2.43. The summed E-state index contributed by atoms with van der Waals surface area (Å²) in [4.78, 5) is 32.8. The van der Waals surface area contributed by atoms with Gasteiger partial charge in [-0.3, -0.25) is 19.7 Å². The molecule has 21 heavy (non-hydrogen) atoms. The van der Waals surface area contributed by atoms with Crippen molar-refractivity contribution in [3.8, 4) is 0 Å². The Morgan fingerprint density at radius 3 is 2.67 bits per heavy atom. The number of carboxylic acid groups (broad SMARTS) is 1. The van der Waals surface area contributed by atoms with Crippen molar-refractivity contribution >= 4 is 23.3 Å². The normalized spacial score (nSPS) is 11.7. The van der Waals surface area contributed by atoms with Crippen molar-refractivity contribution in [1.29, 1.82) is 0 Å². The lowest BCUT2D eigenvalue weighted by Crippen LogP contribution is -2.18. The fraction of sp³-hybridized carbons (Fsp3) is 0.429. The van der Waals surface area contributed by atoms with Crippen LogP contribution >= 0.6 is 0 Å². The molecule has 0 bridgehead atoms. The third kappa shape index (κ3) is 5.60. The first-order chi connectivity index (χ1) is 9.93. The fourth-order valence-corrected chi connectivity index (χ4v) is 1.97. The largest absolute Gasteiger partial charge is 0.481 e. The van der Waals surface area contributed by atoms with Crippen molar-refractivity contribution in [2.75, 3.05) is 5.32 Å². The number of carboxylic acids is 1. The minimum atomic E-state index is -0.903. The second-order valence-electron chi connectivity index (χ2n) is 4.72. The molecule has 1 amide bonds. The number of hydrogen-bond acceptors (Lipinski definition) is 4. The lowest BCUT2D eigenvalue weighted by Gasteiger charge is -2.11. The molecule has 0 fully saturated rings. The van der Waals surface area contributed by atoms with Crippen LogP contribution in [0, 0.1) is 16.0 Å². The number of aliphatic carboxylic acids is 1. The first-order valence-electron chi connectivity index (χ1n) is 6.71. The monoisotopic (exact) mass is 294 g/mol. The molecule has 1 rings (SSSR count). The van der Waals surface area contributed by atoms with Gasteiger partial charge in [-0.1, -0.05) is 19.4 Å². The Balaban J connectivity index is 2.55. The molecule has 0 radical (unpaired) electrons. The van der Waals surface area contributed by atoms with Gasteiger partial charge in [0.2, 0.25) is 5.91 Å². The zero-order chi connectivity index (χ0) is 15.8. The van der Waals surface area contributed by atoms with E-state index in [0.717, 1.165) is 6.42 Å². The lowest BCUT2D eigenvalue weighted by atomic mass is 9.98. The third-order valence-corrected chi connectivity index (χ3v) is 3.05. The summed E-state index contributed by atoms with van der Waals surface area (Å²) in [5.41, 5.74) is 0.221. The van der Waals surface area contributed by atoms with E-state index in [1.165, 1.54) is 18.2 Å². The first-order valence-corrected chi connectivity index (χ1v) is 6.71. The van der Waals surface area contributed by atoms with Crippen LogP contribution in [0.3, 0.4) is 0 Å². The highest BCUT2D eigenvalue weighted by molar-refractivity contribution is 5.91. The van der Waals surface area contributed by atoms with Crippen LogP contribution in [0.5, 0.6) is 0 Å². The second kappa shape index (κ2) is 7.98. The number of nitro groups is 1. The van der Waals surface area contributed by atoms with E-state index in [4.69, 9.17) is 5.11 Å². The van der Waals surface area contributed by atoms with Gasteiger partial charge in [-0.25, -0.2) is 0 Å². The molecule has 2 N–H and O–H groups in total. The predicted octanol–water partition coefficient (Wildman–Crippen LogP) is 2.81. The number of nitrogens with one attached hydrogen (secondary N) is 1. The number of carbonyl (C=O) groups is 2. The Hall–Kier alpha value is -2.44. The molecule has 0 spiro atoms. The third-order valence-electron chi connectivity index (χ3n) is 3.05. The summed E-state index contributed by atoms with van der Waals surface area (Å²) < 4.78 is 0. The zero-order valence-electron chi connectivity index (χ0n) is 11.7. The number of amides is 1. The molecule has 0 aliphatic heterocycles. The maximum Gasteiger partial charge on any atom is 0.306 e. The highest BCUT2D eigenvalue weighted by Gasteiger charge is 2.18. The SMILES string of the molecule is CCC[C@@H](CCC(=O)Nc1cccc([N+](=O)[O-])c1)C(=O)O. The van der Waals surface area contributed by atoms with Crippen molar-refractivity contribution in [2.45, 2.75) is 32.6 Å². The minimum absolute atomic E-state index is 0.0691. The molecule has 1 atom stereocenters. The molecule has 0 aliphatic carbocycles. The van der Waals surface area contributed by atoms with E-state index in [1.54, 1.807) is 6.07 Å². The molecule has 0 saturated heterocycles. The summed E-state index contributed by atoms with van der Waals surface area (Å²) in [5.74, 6) is -1.79. The molecule has 0 heterocycles. The molecule has 0 unspecified atom stereocenters. The van der Waals surface area contributed by atoms with Crippen molar-refractivity contribution in [2.24, 2.45) is 5.92 Å². The summed E-state index contributed by atoms with van der Waals surface area (Å²) in [5, 5.41) is 22.2. The Kier molecular flexibility index (Phi) is 6.32. The predicted molar refractivity (Wildman–Crippen MR) is 77.0 cm³/mol. The van der Waals surface area contributed by atoms with Gasteiger partial charge in [-0.15, -0.1) is 0 Å². The smallest absolute Gasteiger partial charge is 0.306 e. The second-order valence-corrected chi connectivity index (χ2v) is 4.72. The number of rotatable bonds is 8. The van der Waals surface area contributed by atoms with Gasteiger partial charge in [-0.05, 0) is 18.9 Å². The van der Waals surface area contributed by atoms with Crippen LogP contribution in [0.2, 0.25) is 0 Å². The molecule has 7 nitrogen and oxygen atoms in total. The quantitative estimate of drug-likeness (QED) is 0.566. The Bertz CT molecular complexity index is 530. The fourth-order valence-electron chi connectivity index (χ4n) is 1.97. The van der Waals surface area contributed by atoms with Crippen LogP contribution in [0.4, 0.5) is 11.4 Å². The van der Waals surface area contributed by atoms with E-state index in [9.17, 15) is 19.7 Å². The van der Waals surface area contributed by atoms with Crippen LogP contribution in [0.25, 0.3) is 0 Å². The van der Waals surface area contributed by atoms with Crippen molar-refractivity contribution in [1.82, 2.24) is 0 Å². The maximum absolute atomic E-state index is 11.8. The summed E-state index contributed by atoms with van der Waals surface area (Å²) in [6.45, 7) is 1.89. The number of anilines is 1. The van der Waals surface area contributed by atoms with Gasteiger partial charge in [0.25, 0.3) is 5.69 Å². The highest BCUT2D eigenvalue weighted by Crippen LogP contribution is 2.18. The van der Waals surface area contributed by atoms with Gasteiger partial charge in [-0.2, -0.15) is 0 Å². The Morgan fingerprint density at radius 2 is 2.10 bits per heavy atom. The van der Waals surface area contributed by atoms with Crippen molar-refractivity contribution in [3.05, 3.63) is 34.4 Å². The maximum atomic E-state index is 11.8. The Labute approximate surface area is 122 Å². The summed E-state index contributed by atoms with van der Waals surface area (Å²) >= 11 is 0. The number of nitro benzene ring substituents is 1. The summed E-state index contributed by atoms with van der Waals surface area (Å²) in [7, 11) is 0. The molecule has 1 aromatic rings. The molecule has 0 aliphatic rings. The minimum Gasteiger partial charge on any atom is -0.481 e. The van der Waals surface area contributed by atoms with Gasteiger partial charge in [0.15, 0.2) is 0 Å². The van der Waals surface area contributed by atoms with E-state index in [-0.39, 0.29) is 24.4 Å². The molecular weight excluding hydrogens is 276 g/mol. The number of hydrogen-bond donors (Lipinski definition) is 2. The van der Waals surface area contributed by atoms with E-state index in [1.807, 2.05) is 6.92 Å². The average molecular weight is 294 g/mol. The zero-order valence-corrected chi connectivity index (χ0v) is 11.7. The topological polar surface area (TPSA) is 110 Å². The van der Waals surface area contributed by atoms with Crippen LogP contribution < -0.4 is 5.32 Å². The molecule has 114 valence electrons. The van der Waals surface area contributed by atoms with E-state index >= 15 is 0 Å². The highest BCUT2D eigenvalue weighted by atomic mass is 16.6. The molecule has 1 aromatic carbocycles. The van der Waals surface area contributed by atoms with Crippen LogP contribution in [-0.2, 0) is 9.59 Å². The van der Waals surface area contributed by atoms with Crippen LogP contribution in [0.1, 0.15) is 32.6 Å². The van der Waals surface area contributed by atoms with Crippen molar-refractivity contribution in [3.63, 3.8) is 0 Å². The van der Waals surface area contributed by atoms with Gasteiger partial charge in [0.05, 0.1) is 10.8 Å².